The van der Waals surface area contributed by atoms with Gasteiger partial charge in [0.1, 0.15) is 6.54 Å². The maximum Gasteiger partial charge on any atom is 0.406 e. The van der Waals surface area contributed by atoms with Gasteiger partial charge in [-0.05, 0) is 25.3 Å². The molecule has 0 bridgehead atoms. The summed E-state index contributed by atoms with van der Waals surface area (Å²) in [5.41, 5.74) is 5.38. The Labute approximate surface area is 122 Å². The van der Waals surface area contributed by atoms with Crippen LogP contribution in [0.15, 0.2) is 0 Å². The highest BCUT2D eigenvalue weighted by Gasteiger charge is 2.33. The molecule has 0 aromatic rings. The summed E-state index contributed by atoms with van der Waals surface area (Å²) in [5.74, 6) is -1.08. The standard InChI is InChI=1S/C13H23F3N2O3/c1-10(5-7-17)3-4-11(19)18(9-13(14,15)16)8-6-12(20)21-2/h10H,3-9,17H2,1-2H3. The number of nitrogens with zero attached hydrogens (tertiary/aromatic N) is 1. The fourth-order valence-corrected chi connectivity index (χ4v) is 1.79. The molecule has 0 aliphatic carbocycles. The maximum atomic E-state index is 12.5. The molecule has 0 saturated carbocycles. The number of alkyl halides is 3. The molecule has 0 rings (SSSR count). The van der Waals surface area contributed by atoms with Crippen molar-refractivity contribution in [2.45, 2.75) is 38.8 Å². The number of hydrogen-bond acceptors (Lipinski definition) is 4. The van der Waals surface area contributed by atoms with E-state index in [4.69, 9.17) is 5.73 Å². The fraction of sp³-hybridized carbons (Fsp3) is 0.846. The summed E-state index contributed by atoms with van der Waals surface area (Å²) < 4.78 is 41.8. The van der Waals surface area contributed by atoms with Gasteiger partial charge in [0, 0.05) is 13.0 Å². The van der Waals surface area contributed by atoms with Crippen LogP contribution in [0.4, 0.5) is 13.2 Å². The number of methoxy groups -OCH3 is 1. The van der Waals surface area contributed by atoms with Crippen molar-refractivity contribution in [2.75, 3.05) is 26.7 Å². The lowest BCUT2D eigenvalue weighted by Gasteiger charge is -2.24. The fourth-order valence-electron chi connectivity index (χ4n) is 1.79. The second-order valence-electron chi connectivity index (χ2n) is 4.98. The smallest absolute Gasteiger partial charge is 0.406 e. The van der Waals surface area contributed by atoms with Gasteiger partial charge in [0.2, 0.25) is 5.91 Å². The van der Waals surface area contributed by atoms with E-state index in [2.05, 4.69) is 4.74 Å². The molecular formula is C13H23F3N2O3. The third-order valence-electron chi connectivity index (χ3n) is 3.05. The van der Waals surface area contributed by atoms with E-state index >= 15 is 0 Å². The Morgan fingerprint density at radius 2 is 1.86 bits per heavy atom. The zero-order valence-corrected chi connectivity index (χ0v) is 12.4. The first-order valence-corrected chi connectivity index (χ1v) is 6.81. The van der Waals surface area contributed by atoms with Crippen molar-refractivity contribution in [3.8, 4) is 0 Å². The van der Waals surface area contributed by atoms with Crippen molar-refractivity contribution < 1.29 is 27.5 Å². The van der Waals surface area contributed by atoms with Crippen LogP contribution >= 0.6 is 0 Å². The van der Waals surface area contributed by atoms with Crippen LogP contribution in [0.3, 0.4) is 0 Å². The van der Waals surface area contributed by atoms with E-state index in [1.165, 1.54) is 0 Å². The molecule has 1 atom stereocenters. The normalized spacial score (nSPS) is 12.9. The van der Waals surface area contributed by atoms with Crippen LogP contribution in [0.1, 0.15) is 32.6 Å². The van der Waals surface area contributed by atoms with Gasteiger partial charge < -0.3 is 15.4 Å². The molecule has 0 aliphatic heterocycles. The quantitative estimate of drug-likeness (QED) is 0.658. The van der Waals surface area contributed by atoms with E-state index in [0.717, 1.165) is 7.11 Å². The number of carbonyl (C=O) groups is 2. The van der Waals surface area contributed by atoms with E-state index in [0.29, 0.717) is 24.3 Å². The van der Waals surface area contributed by atoms with Crippen LogP contribution in [0.2, 0.25) is 0 Å². The first-order valence-electron chi connectivity index (χ1n) is 6.81. The molecule has 2 N–H and O–H groups in total. The summed E-state index contributed by atoms with van der Waals surface area (Å²) in [7, 11) is 1.15. The molecular weight excluding hydrogens is 289 g/mol. The Balaban J connectivity index is 4.48. The van der Waals surface area contributed by atoms with Gasteiger partial charge in [-0.15, -0.1) is 0 Å². The molecule has 8 heteroatoms. The van der Waals surface area contributed by atoms with Crippen molar-refractivity contribution in [3.05, 3.63) is 0 Å². The number of nitrogens with two attached hydrogens (primary N) is 1. The third kappa shape index (κ3) is 10.1. The Morgan fingerprint density at radius 3 is 2.33 bits per heavy atom. The molecule has 0 aromatic carbocycles. The average molecular weight is 312 g/mol. The molecule has 1 unspecified atom stereocenters. The minimum Gasteiger partial charge on any atom is -0.469 e. The van der Waals surface area contributed by atoms with Crippen LogP contribution in [0.5, 0.6) is 0 Å². The molecule has 1 amide bonds. The van der Waals surface area contributed by atoms with Gasteiger partial charge in [-0.3, -0.25) is 9.59 Å². The van der Waals surface area contributed by atoms with Gasteiger partial charge >= 0.3 is 12.1 Å². The lowest BCUT2D eigenvalue weighted by molar-refractivity contribution is -0.162. The molecule has 124 valence electrons. The number of carbonyl (C=O) groups excluding carboxylic acids is 2. The third-order valence-corrected chi connectivity index (χ3v) is 3.05. The van der Waals surface area contributed by atoms with E-state index in [9.17, 15) is 22.8 Å². The van der Waals surface area contributed by atoms with Crippen molar-refractivity contribution >= 4 is 11.9 Å². The van der Waals surface area contributed by atoms with Gasteiger partial charge in [-0.1, -0.05) is 6.92 Å². The number of hydrogen-bond donors (Lipinski definition) is 1. The average Bonchev–Trinajstić information content (AvgIpc) is 2.39. The lowest BCUT2D eigenvalue weighted by Crippen LogP contribution is -2.40. The number of amides is 1. The van der Waals surface area contributed by atoms with Crippen molar-refractivity contribution in [1.29, 1.82) is 0 Å². The monoisotopic (exact) mass is 312 g/mol. The second kappa shape index (κ2) is 9.59. The number of ether oxygens (including phenoxy) is 1. The highest BCUT2D eigenvalue weighted by Crippen LogP contribution is 2.18. The topological polar surface area (TPSA) is 72.6 Å². The van der Waals surface area contributed by atoms with Crippen molar-refractivity contribution in [2.24, 2.45) is 11.7 Å². The van der Waals surface area contributed by atoms with Crippen LogP contribution in [-0.4, -0.2) is 49.7 Å². The molecule has 0 heterocycles. The Morgan fingerprint density at radius 1 is 1.24 bits per heavy atom. The van der Waals surface area contributed by atoms with E-state index in [-0.39, 0.29) is 25.3 Å². The summed E-state index contributed by atoms with van der Waals surface area (Å²) in [5, 5.41) is 0. The Kier molecular flexibility index (Phi) is 9.00. The lowest BCUT2D eigenvalue weighted by atomic mass is 10.0. The minimum atomic E-state index is -4.49. The van der Waals surface area contributed by atoms with E-state index < -0.39 is 24.6 Å². The molecule has 0 fully saturated rings. The zero-order valence-electron chi connectivity index (χ0n) is 12.4. The van der Waals surface area contributed by atoms with Gasteiger partial charge in [-0.2, -0.15) is 13.2 Å². The number of rotatable bonds is 9. The van der Waals surface area contributed by atoms with Gasteiger partial charge in [-0.25, -0.2) is 0 Å². The second-order valence-corrected chi connectivity index (χ2v) is 4.98. The highest BCUT2D eigenvalue weighted by atomic mass is 19.4. The van der Waals surface area contributed by atoms with Crippen LogP contribution in [0.25, 0.3) is 0 Å². The summed E-state index contributed by atoms with van der Waals surface area (Å²) in [6.45, 7) is 0.719. The van der Waals surface area contributed by atoms with Crippen LogP contribution < -0.4 is 5.73 Å². The minimum absolute atomic E-state index is 0.0123. The van der Waals surface area contributed by atoms with E-state index in [1.807, 2.05) is 6.92 Å². The summed E-state index contributed by atoms with van der Waals surface area (Å²) >= 11 is 0. The first-order chi connectivity index (χ1) is 9.69. The summed E-state index contributed by atoms with van der Waals surface area (Å²) in [6.07, 6.45) is -3.54. The predicted molar refractivity (Wildman–Crippen MR) is 71.3 cm³/mol. The van der Waals surface area contributed by atoms with Crippen LogP contribution in [0, 0.1) is 5.92 Å². The Hall–Kier alpha value is -1.31. The SMILES string of the molecule is COC(=O)CCN(CC(F)(F)F)C(=O)CCC(C)CCN. The largest absolute Gasteiger partial charge is 0.469 e. The van der Waals surface area contributed by atoms with Gasteiger partial charge in [0.25, 0.3) is 0 Å². The molecule has 0 spiro atoms. The molecule has 0 aromatic heterocycles. The molecule has 5 nitrogen and oxygen atoms in total. The highest BCUT2D eigenvalue weighted by molar-refractivity contribution is 5.77. The van der Waals surface area contributed by atoms with E-state index in [1.54, 1.807) is 0 Å². The molecule has 0 saturated heterocycles. The maximum absolute atomic E-state index is 12.5. The predicted octanol–water partition coefficient (Wildman–Crippen LogP) is 1.71. The molecule has 21 heavy (non-hydrogen) atoms. The Bertz CT molecular complexity index is 335. The molecule has 0 radical (unpaired) electrons. The number of halogens is 3. The van der Waals surface area contributed by atoms with Crippen molar-refractivity contribution in [1.82, 2.24) is 4.90 Å². The van der Waals surface area contributed by atoms with Gasteiger partial charge in [0.15, 0.2) is 0 Å². The molecule has 0 aliphatic rings. The van der Waals surface area contributed by atoms with Gasteiger partial charge in [0.05, 0.1) is 13.5 Å². The first kappa shape index (κ1) is 19.7. The van der Waals surface area contributed by atoms with Crippen molar-refractivity contribution in [3.63, 3.8) is 0 Å². The zero-order chi connectivity index (χ0) is 16.5. The number of esters is 1. The summed E-state index contributed by atoms with van der Waals surface area (Å²) in [6, 6.07) is 0. The van der Waals surface area contributed by atoms with Crippen LogP contribution in [-0.2, 0) is 14.3 Å². The summed E-state index contributed by atoms with van der Waals surface area (Å²) in [4.78, 5) is 23.5.